The molecule has 0 heterocycles. The summed E-state index contributed by atoms with van der Waals surface area (Å²) in [6, 6.07) is 17.8. The third-order valence-corrected chi connectivity index (χ3v) is 6.21. The van der Waals surface area contributed by atoms with E-state index in [1.54, 1.807) is 36.4 Å². The molecular weight excluding hydrogens is 466 g/mol. The maximum absolute atomic E-state index is 12.5. The number of amides is 2. The number of phenolic OH excluding ortho intramolecular Hbond substituents is 1. The van der Waals surface area contributed by atoms with Crippen LogP contribution in [0.1, 0.15) is 27.1 Å². The molecular formula is C23H22ClN3O5S. The van der Waals surface area contributed by atoms with Gasteiger partial charge in [0.1, 0.15) is 5.75 Å². The molecule has 0 aliphatic carbocycles. The van der Waals surface area contributed by atoms with Crippen molar-refractivity contribution in [3.05, 3.63) is 88.9 Å². The minimum atomic E-state index is -3.81. The Kier molecular flexibility index (Phi) is 7.92. The second kappa shape index (κ2) is 10.8. The summed E-state index contributed by atoms with van der Waals surface area (Å²) in [4.78, 5) is 24.3. The molecule has 0 fully saturated rings. The molecule has 0 aromatic heterocycles. The zero-order chi connectivity index (χ0) is 23.8. The molecule has 2 amide bonds. The van der Waals surface area contributed by atoms with Gasteiger partial charge in [0.15, 0.2) is 0 Å². The van der Waals surface area contributed by atoms with Crippen LogP contribution >= 0.6 is 11.6 Å². The van der Waals surface area contributed by atoms with Crippen LogP contribution in [0.4, 0.5) is 5.69 Å². The largest absolute Gasteiger partial charge is 0.508 e. The summed E-state index contributed by atoms with van der Waals surface area (Å²) >= 11 is 5.80. The van der Waals surface area contributed by atoms with Gasteiger partial charge in [-0.1, -0.05) is 17.7 Å². The number of aromatic hydroxyl groups is 1. The van der Waals surface area contributed by atoms with Crippen molar-refractivity contribution in [2.24, 2.45) is 0 Å². The number of halogens is 1. The number of hydrogen-bond acceptors (Lipinski definition) is 5. The van der Waals surface area contributed by atoms with Gasteiger partial charge in [-0.3, -0.25) is 14.3 Å². The van der Waals surface area contributed by atoms with Crippen molar-refractivity contribution >= 4 is 39.1 Å². The summed E-state index contributed by atoms with van der Waals surface area (Å²) < 4.78 is 27.4. The van der Waals surface area contributed by atoms with Crippen molar-refractivity contribution in [2.75, 3.05) is 17.8 Å². The molecule has 0 atom stereocenters. The van der Waals surface area contributed by atoms with E-state index in [4.69, 9.17) is 11.6 Å². The summed E-state index contributed by atoms with van der Waals surface area (Å²) in [5, 5.41) is 15.3. The lowest BCUT2D eigenvalue weighted by atomic mass is 10.2. The molecule has 3 aromatic rings. The van der Waals surface area contributed by atoms with Crippen molar-refractivity contribution in [1.82, 2.24) is 10.6 Å². The zero-order valence-corrected chi connectivity index (χ0v) is 19.0. The van der Waals surface area contributed by atoms with Gasteiger partial charge in [-0.05, 0) is 73.2 Å². The molecule has 0 saturated heterocycles. The van der Waals surface area contributed by atoms with Crippen LogP contribution in [0.2, 0.25) is 5.02 Å². The minimum Gasteiger partial charge on any atom is -0.508 e. The maximum atomic E-state index is 12.5. The van der Waals surface area contributed by atoms with Crippen molar-refractivity contribution in [1.29, 1.82) is 0 Å². The van der Waals surface area contributed by atoms with Crippen molar-refractivity contribution in [2.45, 2.75) is 11.3 Å². The quantitative estimate of drug-likeness (QED) is 0.344. The maximum Gasteiger partial charge on any atom is 0.261 e. The summed E-state index contributed by atoms with van der Waals surface area (Å²) in [5.41, 5.74) is 1.03. The van der Waals surface area contributed by atoms with E-state index in [0.29, 0.717) is 41.3 Å². The van der Waals surface area contributed by atoms with Crippen LogP contribution in [0.15, 0.2) is 77.7 Å². The molecule has 0 spiro atoms. The van der Waals surface area contributed by atoms with Gasteiger partial charge < -0.3 is 15.7 Å². The predicted molar refractivity (Wildman–Crippen MR) is 126 cm³/mol. The van der Waals surface area contributed by atoms with Crippen molar-refractivity contribution in [3.63, 3.8) is 0 Å². The number of carbonyl (C=O) groups excluding carboxylic acids is 2. The average molecular weight is 488 g/mol. The predicted octanol–water partition coefficient (Wildman–Crippen LogP) is 3.40. The Morgan fingerprint density at radius 3 is 2.03 bits per heavy atom. The van der Waals surface area contributed by atoms with Gasteiger partial charge >= 0.3 is 0 Å². The first-order valence-electron chi connectivity index (χ1n) is 9.98. The first kappa shape index (κ1) is 24.1. The van der Waals surface area contributed by atoms with E-state index < -0.39 is 10.0 Å². The summed E-state index contributed by atoms with van der Waals surface area (Å²) in [7, 11) is -3.81. The first-order chi connectivity index (χ1) is 15.7. The van der Waals surface area contributed by atoms with E-state index in [9.17, 15) is 23.1 Å². The smallest absolute Gasteiger partial charge is 0.261 e. The fourth-order valence-electron chi connectivity index (χ4n) is 2.86. The number of benzene rings is 3. The van der Waals surface area contributed by atoms with Gasteiger partial charge in [0.25, 0.3) is 21.8 Å². The second-order valence-electron chi connectivity index (χ2n) is 7.05. The lowest BCUT2D eigenvalue weighted by molar-refractivity contribution is 0.0951. The van der Waals surface area contributed by atoms with Crippen molar-refractivity contribution < 1.29 is 23.1 Å². The Morgan fingerprint density at radius 2 is 1.42 bits per heavy atom. The van der Waals surface area contributed by atoms with Gasteiger partial charge in [0, 0.05) is 34.9 Å². The molecule has 3 aromatic carbocycles. The monoisotopic (exact) mass is 487 g/mol. The molecule has 0 aliphatic rings. The molecule has 0 radical (unpaired) electrons. The zero-order valence-electron chi connectivity index (χ0n) is 17.4. The van der Waals surface area contributed by atoms with E-state index in [1.807, 2.05) is 0 Å². The number of rotatable bonds is 9. The van der Waals surface area contributed by atoms with Crippen LogP contribution in [0.3, 0.4) is 0 Å². The SMILES string of the molecule is O=C(NCCCNC(=O)c1cccc(O)c1)c1ccc(S(=O)(=O)Nc2ccc(Cl)cc2)cc1. The third kappa shape index (κ3) is 6.96. The standard InChI is InChI=1S/C23H22ClN3O5S/c24-18-7-9-19(10-8-18)27-33(31,32)21-11-5-16(6-12-21)22(29)25-13-2-14-26-23(30)17-3-1-4-20(28)15-17/h1,3-12,15,27-28H,2,13-14H2,(H,25,29)(H,26,30). The first-order valence-corrected chi connectivity index (χ1v) is 11.8. The molecule has 172 valence electrons. The highest BCUT2D eigenvalue weighted by Crippen LogP contribution is 2.19. The Morgan fingerprint density at radius 1 is 0.818 bits per heavy atom. The Hall–Kier alpha value is -3.56. The van der Waals surface area contributed by atoms with Crippen molar-refractivity contribution in [3.8, 4) is 5.75 Å². The molecule has 33 heavy (non-hydrogen) atoms. The Labute approximate surface area is 196 Å². The summed E-state index contributed by atoms with van der Waals surface area (Å²) in [5.74, 6) is -0.667. The van der Waals surface area contributed by atoms with Gasteiger partial charge in [-0.25, -0.2) is 8.42 Å². The number of sulfonamides is 1. The lowest BCUT2D eigenvalue weighted by Crippen LogP contribution is -2.29. The van der Waals surface area contributed by atoms with Crippen LogP contribution in [0.5, 0.6) is 5.75 Å². The molecule has 0 aliphatic heterocycles. The topological polar surface area (TPSA) is 125 Å². The van der Waals surface area contributed by atoms with E-state index in [-0.39, 0.29) is 22.5 Å². The van der Waals surface area contributed by atoms with Crippen LogP contribution in [-0.4, -0.2) is 38.4 Å². The van der Waals surface area contributed by atoms with Gasteiger partial charge in [-0.15, -0.1) is 0 Å². The molecule has 3 rings (SSSR count). The molecule has 10 heteroatoms. The second-order valence-corrected chi connectivity index (χ2v) is 9.17. The van der Waals surface area contributed by atoms with Crippen LogP contribution in [-0.2, 0) is 10.0 Å². The molecule has 0 bridgehead atoms. The fourth-order valence-corrected chi connectivity index (χ4v) is 4.05. The number of hydrogen-bond donors (Lipinski definition) is 4. The fraction of sp³-hybridized carbons (Fsp3) is 0.130. The van der Waals surface area contributed by atoms with E-state index in [1.165, 1.54) is 36.4 Å². The molecule has 4 N–H and O–H groups in total. The molecule has 8 nitrogen and oxygen atoms in total. The Balaban J connectivity index is 1.46. The normalized spacial score (nSPS) is 10.9. The number of phenols is 1. The lowest BCUT2D eigenvalue weighted by Gasteiger charge is -2.10. The summed E-state index contributed by atoms with van der Waals surface area (Å²) in [6.07, 6.45) is 0.494. The van der Waals surface area contributed by atoms with Crippen LogP contribution in [0.25, 0.3) is 0 Å². The molecule has 0 unspecified atom stereocenters. The average Bonchev–Trinajstić information content (AvgIpc) is 2.80. The van der Waals surface area contributed by atoms with Crippen LogP contribution in [0, 0.1) is 0 Å². The number of anilines is 1. The van der Waals surface area contributed by atoms with Gasteiger partial charge in [0.05, 0.1) is 4.90 Å². The highest BCUT2D eigenvalue weighted by molar-refractivity contribution is 7.92. The van der Waals surface area contributed by atoms with Gasteiger partial charge in [0.2, 0.25) is 0 Å². The van der Waals surface area contributed by atoms with Crippen LogP contribution < -0.4 is 15.4 Å². The van der Waals surface area contributed by atoms with E-state index >= 15 is 0 Å². The van der Waals surface area contributed by atoms with Gasteiger partial charge in [-0.2, -0.15) is 0 Å². The third-order valence-electron chi connectivity index (χ3n) is 4.56. The summed E-state index contributed by atoms with van der Waals surface area (Å²) in [6.45, 7) is 0.652. The number of carbonyl (C=O) groups is 2. The highest BCUT2D eigenvalue weighted by atomic mass is 35.5. The van der Waals surface area contributed by atoms with E-state index in [0.717, 1.165) is 0 Å². The Bertz CT molecular complexity index is 1230. The molecule has 0 saturated carbocycles. The highest BCUT2D eigenvalue weighted by Gasteiger charge is 2.15. The number of nitrogens with one attached hydrogen (secondary N) is 3. The van der Waals surface area contributed by atoms with E-state index in [2.05, 4.69) is 15.4 Å². The minimum absolute atomic E-state index is 0.00879.